The molecule has 2 saturated heterocycles. The van der Waals surface area contributed by atoms with Crippen LogP contribution in [0.25, 0.3) is 5.76 Å². The number of hydrogen-bond acceptors (Lipinski definition) is 8. The predicted octanol–water partition coefficient (Wildman–Crippen LogP) is 2.77. The smallest absolute Gasteiger partial charge is 0.295 e. The first-order valence-electron chi connectivity index (χ1n) is 15.0. The molecule has 230 valence electrons. The van der Waals surface area contributed by atoms with Crippen LogP contribution in [0.4, 0.5) is 0 Å². The molecule has 1 amide bonds. The van der Waals surface area contributed by atoms with E-state index < -0.39 is 17.7 Å². The van der Waals surface area contributed by atoms with Gasteiger partial charge < -0.3 is 38.6 Å². The van der Waals surface area contributed by atoms with Crippen LogP contribution >= 0.6 is 0 Å². The molecule has 3 aromatic carbocycles. The van der Waals surface area contributed by atoms with E-state index in [4.69, 9.17) is 23.7 Å². The van der Waals surface area contributed by atoms with Crippen molar-refractivity contribution in [2.75, 3.05) is 59.7 Å². The minimum Gasteiger partial charge on any atom is -0.507 e. The Morgan fingerprint density at radius 1 is 0.932 bits per heavy atom. The lowest BCUT2D eigenvalue weighted by atomic mass is 9.94. The Bertz CT molecular complexity index is 1530. The first-order chi connectivity index (χ1) is 21.5. The van der Waals surface area contributed by atoms with Gasteiger partial charge in [0.25, 0.3) is 11.7 Å². The van der Waals surface area contributed by atoms with Crippen molar-refractivity contribution in [3.63, 3.8) is 0 Å². The van der Waals surface area contributed by atoms with E-state index in [1.54, 1.807) is 42.3 Å². The van der Waals surface area contributed by atoms with Gasteiger partial charge in [0, 0.05) is 18.5 Å². The quantitative estimate of drug-likeness (QED) is 0.208. The molecule has 0 bridgehead atoms. The first-order valence-corrected chi connectivity index (χ1v) is 15.0. The summed E-state index contributed by atoms with van der Waals surface area (Å²) in [5.74, 6) is 0.377. The number of Topliss-reactive ketones (excluding diaryl/α,β-unsaturated/α-hetero) is 1. The van der Waals surface area contributed by atoms with Gasteiger partial charge in [-0.3, -0.25) is 9.59 Å². The number of benzene rings is 3. The van der Waals surface area contributed by atoms with Crippen molar-refractivity contribution in [2.45, 2.75) is 19.1 Å². The highest BCUT2D eigenvalue weighted by molar-refractivity contribution is 6.46. The van der Waals surface area contributed by atoms with Gasteiger partial charge in [0.15, 0.2) is 23.0 Å². The maximum atomic E-state index is 13.6. The fraction of sp³-hybridized carbons (Fsp3) is 0.353. The van der Waals surface area contributed by atoms with Gasteiger partial charge in [-0.25, -0.2) is 0 Å². The van der Waals surface area contributed by atoms with Crippen molar-refractivity contribution < 1.29 is 43.3 Å². The van der Waals surface area contributed by atoms with E-state index in [0.717, 1.165) is 25.2 Å². The lowest BCUT2D eigenvalue weighted by Gasteiger charge is -2.28. The van der Waals surface area contributed by atoms with Gasteiger partial charge in [-0.1, -0.05) is 36.4 Å². The van der Waals surface area contributed by atoms with Crippen LogP contribution in [-0.4, -0.2) is 81.4 Å². The predicted molar refractivity (Wildman–Crippen MR) is 161 cm³/mol. The number of nitrogens with one attached hydrogen (secondary N) is 1. The molecule has 0 radical (unpaired) electrons. The van der Waals surface area contributed by atoms with Crippen LogP contribution in [0, 0.1) is 0 Å². The molecule has 0 spiro atoms. The number of amides is 1. The van der Waals surface area contributed by atoms with Crippen LogP contribution in [0.3, 0.4) is 0 Å². The van der Waals surface area contributed by atoms with Gasteiger partial charge in [0.1, 0.15) is 38.7 Å². The zero-order valence-electron chi connectivity index (χ0n) is 24.8. The zero-order chi connectivity index (χ0) is 30.5. The molecule has 0 aliphatic carbocycles. The van der Waals surface area contributed by atoms with E-state index >= 15 is 0 Å². The second-order valence-corrected chi connectivity index (χ2v) is 11.0. The SMILES string of the molecule is COc1cc([C@@H]2C(=C(O)c3ccc4c(c3)OCCO4)C(=O)C(=O)N2CCC[NH+]2CCOCC2)ccc1OCc1ccccc1. The van der Waals surface area contributed by atoms with E-state index in [-0.39, 0.29) is 11.3 Å². The molecule has 3 aliphatic rings. The largest absolute Gasteiger partial charge is 0.507 e. The Morgan fingerprint density at radius 2 is 1.70 bits per heavy atom. The van der Waals surface area contributed by atoms with Crippen molar-refractivity contribution in [3.8, 4) is 23.0 Å². The molecule has 1 atom stereocenters. The number of nitrogens with zero attached hydrogens (tertiary/aromatic N) is 1. The first kappa shape index (κ1) is 29.5. The van der Waals surface area contributed by atoms with Crippen molar-refractivity contribution in [1.82, 2.24) is 4.90 Å². The number of morpholine rings is 1. The number of ether oxygens (including phenoxy) is 5. The summed E-state index contributed by atoms with van der Waals surface area (Å²) in [7, 11) is 1.55. The van der Waals surface area contributed by atoms with Gasteiger partial charge >= 0.3 is 0 Å². The molecular formula is C34H37N2O8+. The molecule has 3 aliphatic heterocycles. The van der Waals surface area contributed by atoms with Gasteiger partial charge in [-0.2, -0.15) is 0 Å². The second kappa shape index (κ2) is 13.4. The maximum absolute atomic E-state index is 13.6. The summed E-state index contributed by atoms with van der Waals surface area (Å²) in [4.78, 5) is 30.1. The Labute approximate surface area is 256 Å². The van der Waals surface area contributed by atoms with E-state index in [1.165, 1.54) is 4.90 Å². The van der Waals surface area contributed by atoms with Crippen LogP contribution in [0.2, 0.25) is 0 Å². The third-order valence-electron chi connectivity index (χ3n) is 8.23. The number of ketones is 1. The Hall–Kier alpha value is -4.54. The highest BCUT2D eigenvalue weighted by Crippen LogP contribution is 2.43. The number of methoxy groups -OCH3 is 1. The molecule has 0 unspecified atom stereocenters. The number of aliphatic hydroxyl groups excluding tert-OH is 1. The molecule has 2 fully saturated rings. The van der Waals surface area contributed by atoms with E-state index in [2.05, 4.69) is 0 Å². The zero-order valence-corrected chi connectivity index (χ0v) is 24.8. The van der Waals surface area contributed by atoms with E-state index in [1.807, 2.05) is 36.4 Å². The van der Waals surface area contributed by atoms with Crippen molar-refractivity contribution in [1.29, 1.82) is 0 Å². The summed E-state index contributed by atoms with van der Waals surface area (Å²) in [6.45, 7) is 5.61. The van der Waals surface area contributed by atoms with Crippen LogP contribution in [0.15, 0.2) is 72.3 Å². The number of quaternary nitrogens is 1. The molecule has 0 saturated carbocycles. The summed E-state index contributed by atoms with van der Waals surface area (Å²) in [6, 6.07) is 19.3. The summed E-state index contributed by atoms with van der Waals surface area (Å²) >= 11 is 0. The number of fused-ring (bicyclic) bond motifs is 1. The second-order valence-electron chi connectivity index (χ2n) is 11.0. The fourth-order valence-electron chi connectivity index (χ4n) is 5.92. The molecule has 10 nitrogen and oxygen atoms in total. The molecule has 3 aromatic rings. The third-order valence-corrected chi connectivity index (χ3v) is 8.23. The van der Waals surface area contributed by atoms with Gasteiger partial charge in [0.2, 0.25) is 0 Å². The number of aliphatic hydroxyl groups is 1. The van der Waals surface area contributed by atoms with E-state index in [0.29, 0.717) is 80.1 Å². The molecular weight excluding hydrogens is 564 g/mol. The number of hydrogen-bond donors (Lipinski definition) is 2. The fourth-order valence-corrected chi connectivity index (χ4v) is 5.92. The standard InChI is InChI=1S/C34H36N2O8/c1-40-28-20-24(8-10-26(28)44-22-23-6-3-2-4-7-23)31-30(32(37)25-9-11-27-29(21-25)43-19-18-42-27)33(38)34(39)36(31)13-5-12-35-14-16-41-17-15-35/h2-4,6-11,20-21,31,37H,5,12-19,22H2,1H3/p+1/t31-/m1/s1. The summed E-state index contributed by atoms with van der Waals surface area (Å²) in [5, 5.41) is 11.6. The number of carbonyl (C=O) groups excluding carboxylic acids is 2. The minimum atomic E-state index is -0.819. The van der Waals surface area contributed by atoms with Gasteiger partial charge in [-0.05, 0) is 41.5 Å². The topological polar surface area (TPSA) is 108 Å². The van der Waals surface area contributed by atoms with Gasteiger partial charge in [0.05, 0.1) is 38.5 Å². The van der Waals surface area contributed by atoms with Crippen molar-refractivity contribution in [3.05, 3.63) is 89.0 Å². The maximum Gasteiger partial charge on any atom is 0.295 e. The highest BCUT2D eigenvalue weighted by atomic mass is 16.6. The minimum absolute atomic E-state index is 0.0189. The Kier molecular flexibility index (Phi) is 8.99. The number of likely N-dealkylation sites (tertiary alicyclic amines) is 1. The average molecular weight is 602 g/mol. The Morgan fingerprint density at radius 3 is 2.48 bits per heavy atom. The molecule has 6 rings (SSSR count). The molecule has 2 N–H and O–H groups in total. The highest BCUT2D eigenvalue weighted by Gasteiger charge is 2.46. The van der Waals surface area contributed by atoms with Crippen LogP contribution in [0.5, 0.6) is 23.0 Å². The lowest BCUT2D eigenvalue weighted by molar-refractivity contribution is -0.908. The number of rotatable bonds is 10. The lowest BCUT2D eigenvalue weighted by Crippen LogP contribution is -3.14. The molecule has 0 aromatic heterocycles. The monoisotopic (exact) mass is 601 g/mol. The van der Waals surface area contributed by atoms with Crippen LogP contribution in [-0.2, 0) is 20.9 Å². The third kappa shape index (κ3) is 6.22. The summed E-state index contributed by atoms with van der Waals surface area (Å²) in [5.41, 5.74) is 2.02. The summed E-state index contributed by atoms with van der Waals surface area (Å²) in [6.07, 6.45) is 0.693. The van der Waals surface area contributed by atoms with Crippen molar-refractivity contribution >= 4 is 17.4 Å². The van der Waals surface area contributed by atoms with Crippen LogP contribution in [0.1, 0.15) is 29.2 Å². The van der Waals surface area contributed by atoms with Crippen molar-refractivity contribution in [2.24, 2.45) is 0 Å². The number of carbonyl (C=O) groups is 2. The average Bonchev–Trinajstić information content (AvgIpc) is 3.32. The van der Waals surface area contributed by atoms with Crippen LogP contribution < -0.4 is 23.8 Å². The normalized spacial score (nSPS) is 19.7. The Balaban J connectivity index is 1.34. The van der Waals surface area contributed by atoms with E-state index in [9.17, 15) is 14.7 Å². The summed E-state index contributed by atoms with van der Waals surface area (Å²) < 4.78 is 28.5. The molecule has 44 heavy (non-hydrogen) atoms. The molecule has 10 heteroatoms. The van der Waals surface area contributed by atoms with Gasteiger partial charge in [-0.15, -0.1) is 0 Å². The molecule has 3 heterocycles.